The largest absolute Gasteiger partial charge is 0.475 e. The number of rotatable bonds is 4. The molecule has 0 aliphatic heterocycles. The Labute approximate surface area is 90.0 Å². The Kier molecular flexibility index (Phi) is 3.49. The van der Waals surface area contributed by atoms with Gasteiger partial charge >= 0.3 is 5.97 Å². The molecular weight excluding hydrogens is 214 g/mol. The van der Waals surface area contributed by atoms with Gasteiger partial charge in [0, 0.05) is 12.1 Å². The molecule has 0 amide bonds. The third kappa shape index (κ3) is 3.02. The average Bonchev–Trinajstić information content (AvgIpc) is 2.26. The number of carboxylic acids is 1. The molecule has 6 heteroatoms. The molecule has 0 aromatic heterocycles. The predicted molar refractivity (Wildman–Crippen MR) is 54.8 cm³/mol. The molecule has 6 nitrogen and oxygen atoms in total. The highest BCUT2D eigenvalue weighted by molar-refractivity contribution is 6.38. The molecular formula is C10H7NO5. The zero-order chi connectivity index (χ0) is 12.1. The van der Waals surface area contributed by atoms with Gasteiger partial charge in [0.25, 0.3) is 11.5 Å². The summed E-state index contributed by atoms with van der Waals surface area (Å²) >= 11 is 0. The van der Waals surface area contributed by atoms with Crippen LogP contribution in [0.25, 0.3) is 6.08 Å². The fraction of sp³-hybridized carbons (Fsp3) is 0. The zero-order valence-electron chi connectivity index (χ0n) is 7.99. The van der Waals surface area contributed by atoms with E-state index in [0.29, 0.717) is 5.56 Å². The molecule has 1 aromatic rings. The van der Waals surface area contributed by atoms with E-state index in [4.69, 9.17) is 5.11 Å². The Bertz CT molecular complexity index is 461. The SMILES string of the molecule is O=C(O)C(=O)C=Cc1ccc([N+](=O)[O-])cc1. The lowest BCUT2D eigenvalue weighted by Crippen LogP contribution is -2.08. The average molecular weight is 221 g/mol. The van der Waals surface area contributed by atoms with Gasteiger partial charge in [0.2, 0.25) is 0 Å². The van der Waals surface area contributed by atoms with Gasteiger partial charge in [0.05, 0.1) is 4.92 Å². The van der Waals surface area contributed by atoms with Gasteiger partial charge in [-0.3, -0.25) is 14.9 Å². The van der Waals surface area contributed by atoms with Crippen LogP contribution in [0.4, 0.5) is 5.69 Å². The van der Waals surface area contributed by atoms with Crippen LogP contribution in [0, 0.1) is 10.1 Å². The Morgan fingerprint density at radius 1 is 1.25 bits per heavy atom. The summed E-state index contributed by atoms with van der Waals surface area (Å²) in [6, 6.07) is 5.38. The summed E-state index contributed by atoms with van der Waals surface area (Å²) in [5, 5.41) is 18.6. The summed E-state index contributed by atoms with van der Waals surface area (Å²) in [7, 11) is 0. The van der Waals surface area contributed by atoms with E-state index in [-0.39, 0.29) is 5.69 Å². The number of carboxylic acid groups (broad SMARTS) is 1. The molecule has 0 aliphatic rings. The summed E-state index contributed by atoms with van der Waals surface area (Å²) in [6.45, 7) is 0. The number of hydrogen-bond acceptors (Lipinski definition) is 4. The van der Waals surface area contributed by atoms with E-state index in [0.717, 1.165) is 6.08 Å². The highest BCUT2D eigenvalue weighted by Crippen LogP contribution is 2.12. The van der Waals surface area contributed by atoms with Crippen molar-refractivity contribution in [2.75, 3.05) is 0 Å². The summed E-state index contributed by atoms with van der Waals surface area (Å²) in [5.41, 5.74) is 0.446. The fourth-order valence-electron chi connectivity index (χ4n) is 0.950. The topological polar surface area (TPSA) is 97.5 Å². The number of benzene rings is 1. The first-order chi connectivity index (χ1) is 7.50. The van der Waals surface area contributed by atoms with Crippen LogP contribution in [0.2, 0.25) is 0 Å². The molecule has 0 spiro atoms. The molecule has 0 unspecified atom stereocenters. The van der Waals surface area contributed by atoms with Gasteiger partial charge in [-0.2, -0.15) is 0 Å². The van der Waals surface area contributed by atoms with Gasteiger partial charge in [-0.05, 0) is 23.8 Å². The van der Waals surface area contributed by atoms with E-state index in [1.165, 1.54) is 30.3 Å². The molecule has 0 bridgehead atoms. The molecule has 1 aromatic carbocycles. The smallest absolute Gasteiger partial charge is 0.376 e. The van der Waals surface area contributed by atoms with Gasteiger partial charge in [-0.15, -0.1) is 0 Å². The lowest BCUT2D eigenvalue weighted by molar-refractivity contribution is -0.384. The van der Waals surface area contributed by atoms with E-state index in [9.17, 15) is 19.7 Å². The molecule has 1 rings (SSSR count). The van der Waals surface area contributed by atoms with Crippen LogP contribution < -0.4 is 0 Å². The second-order valence-electron chi connectivity index (χ2n) is 2.85. The minimum absolute atomic E-state index is 0.0679. The highest BCUT2D eigenvalue weighted by atomic mass is 16.6. The van der Waals surface area contributed by atoms with Gasteiger partial charge in [0.1, 0.15) is 0 Å². The van der Waals surface area contributed by atoms with Crippen LogP contribution in [0.15, 0.2) is 30.3 Å². The van der Waals surface area contributed by atoms with Crippen molar-refractivity contribution in [1.29, 1.82) is 0 Å². The Morgan fingerprint density at radius 3 is 2.25 bits per heavy atom. The number of non-ortho nitro benzene ring substituents is 1. The summed E-state index contributed by atoms with van der Waals surface area (Å²) in [6.07, 6.45) is 2.17. The summed E-state index contributed by atoms with van der Waals surface area (Å²) < 4.78 is 0. The van der Waals surface area contributed by atoms with E-state index in [1.54, 1.807) is 0 Å². The van der Waals surface area contributed by atoms with Crippen molar-refractivity contribution in [2.24, 2.45) is 0 Å². The van der Waals surface area contributed by atoms with E-state index in [2.05, 4.69) is 0 Å². The molecule has 1 N–H and O–H groups in total. The van der Waals surface area contributed by atoms with Crippen molar-refractivity contribution in [3.8, 4) is 0 Å². The Morgan fingerprint density at radius 2 is 1.81 bits per heavy atom. The van der Waals surface area contributed by atoms with Crippen LogP contribution >= 0.6 is 0 Å². The quantitative estimate of drug-likeness (QED) is 0.357. The molecule has 82 valence electrons. The molecule has 0 saturated carbocycles. The van der Waals surface area contributed by atoms with Crippen molar-refractivity contribution in [1.82, 2.24) is 0 Å². The molecule has 0 aliphatic carbocycles. The fourth-order valence-corrected chi connectivity index (χ4v) is 0.950. The normalized spacial score (nSPS) is 10.2. The van der Waals surface area contributed by atoms with Crippen LogP contribution in [-0.4, -0.2) is 21.8 Å². The lowest BCUT2D eigenvalue weighted by Gasteiger charge is -1.92. The van der Waals surface area contributed by atoms with Gasteiger partial charge in [-0.1, -0.05) is 6.08 Å². The van der Waals surface area contributed by atoms with E-state index >= 15 is 0 Å². The van der Waals surface area contributed by atoms with Gasteiger partial charge in [0.15, 0.2) is 0 Å². The third-order valence-corrected chi connectivity index (χ3v) is 1.74. The zero-order valence-corrected chi connectivity index (χ0v) is 7.99. The maximum atomic E-state index is 10.7. The second-order valence-corrected chi connectivity index (χ2v) is 2.85. The number of nitro groups is 1. The van der Waals surface area contributed by atoms with Crippen molar-refractivity contribution in [3.05, 3.63) is 46.0 Å². The summed E-state index contributed by atoms with van der Waals surface area (Å²) in [4.78, 5) is 30.6. The summed E-state index contributed by atoms with van der Waals surface area (Å²) in [5.74, 6) is -2.59. The third-order valence-electron chi connectivity index (χ3n) is 1.74. The Hall–Kier alpha value is -2.50. The monoisotopic (exact) mass is 221 g/mol. The first-order valence-electron chi connectivity index (χ1n) is 4.20. The minimum Gasteiger partial charge on any atom is -0.475 e. The van der Waals surface area contributed by atoms with Gasteiger partial charge in [-0.25, -0.2) is 4.79 Å². The van der Waals surface area contributed by atoms with Crippen molar-refractivity contribution in [3.63, 3.8) is 0 Å². The number of ketones is 1. The number of nitro benzene ring substituents is 1. The standard InChI is InChI=1S/C10H7NO5/c12-9(10(13)14)6-3-7-1-4-8(5-2-7)11(15)16/h1-6H,(H,13,14). The molecule has 16 heavy (non-hydrogen) atoms. The highest BCUT2D eigenvalue weighted by Gasteiger charge is 2.06. The molecule has 0 atom stereocenters. The van der Waals surface area contributed by atoms with E-state index in [1.807, 2.05) is 0 Å². The lowest BCUT2D eigenvalue weighted by atomic mass is 10.2. The number of carbonyl (C=O) groups is 2. The van der Waals surface area contributed by atoms with Crippen LogP contribution in [0.5, 0.6) is 0 Å². The maximum Gasteiger partial charge on any atom is 0.376 e. The second kappa shape index (κ2) is 4.83. The Balaban J connectivity index is 2.80. The first-order valence-corrected chi connectivity index (χ1v) is 4.20. The number of aliphatic carboxylic acids is 1. The minimum atomic E-state index is -1.54. The molecule has 0 fully saturated rings. The molecule has 0 heterocycles. The number of nitrogens with zero attached hydrogens (tertiary/aromatic N) is 1. The van der Waals surface area contributed by atoms with Crippen LogP contribution in [-0.2, 0) is 9.59 Å². The molecule has 0 radical (unpaired) electrons. The van der Waals surface area contributed by atoms with Crippen LogP contribution in [0.3, 0.4) is 0 Å². The number of carbonyl (C=O) groups excluding carboxylic acids is 1. The van der Waals surface area contributed by atoms with E-state index < -0.39 is 16.7 Å². The van der Waals surface area contributed by atoms with Gasteiger partial charge < -0.3 is 5.11 Å². The van der Waals surface area contributed by atoms with Crippen molar-refractivity contribution < 1.29 is 19.6 Å². The molecule has 0 saturated heterocycles. The van der Waals surface area contributed by atoms with Crippen molar-refractivity contribution >= 4 is 23.5 Å². The van der Waals surface area contributed by atoms with Crippen LogP contribution in [0.1, 0.15) is 5.56 Å². The number of hydrogen-bond donors (Lipinski definition) is 1. The first kappa shape index (κ1) is 11.6. The van der Waals surface area contributed by atoms with Crippen molar-refractivity contribution in [2.45, 2.75) is 0 Å². The maximum absolute atomic E-state index is 10.7. The predicted octanol–water partition coefficient (Wildman–Crippen LogP) is 1.26.